The average molecular weight is 280 g/mol. The normalized spacial score (nSPS) is 11.2. The van der Waals surface area contributed by atoms with Crippen LogP contribution in [-0.2, 0) is 6.54 Å². The Morgan fingerprint density at radius 1 is 1.37 bits per heavy atom. The Kier molecular flexibility index (Phi) is 4.37. The van der Waals surface area contributed by atoms with Crippen LogP contribution in [-0.4, -0.2) is 20.2 Å². The highest BCUT2D eigenvalue weighted by Crippen LogP contribution is 2.26. The van der Waals surface area contributed by atoms with Crippen LogP contribution < -0.4 is 5.73 Å². The van der Waals surface area contributed by atoms with Gasteiger partial charge in [-0.3, -0.25) is 0 Å². The Morgan fingerprint density at radius 2 is 2.16 bits per heavy atom. The van der Waals surface area contributed by atoms with Gasteiger partial charge in [0.25, 0.3) is 0 Å². The number of halogens is 1. The third-order valence-electron chi connectivity index (χ3n) is 2.94. The molecule has 2 aromatic rings. The highest BCUT2D eigenvalue weighted by atomic mass is 35.5. The molecular weight excluding hydrogens is 262 g/mol. The van der Waals surface area contributed by atoms with Crippen molar-refractivity contribution in [2.45, 2.75) is 33.2 Å². The van der Waals surface area contributed by atoms with Gasteiger partial charge in [-0.15, -0.1) is 5.10 Å². The number of nitrogen functional groups attached to an aromatic ring is 1. The summed E-state index contributed by atoms with van der Waals surface area (Å²) in [4.78, 5) is 0. The molecule has 5 nitrogen and oxygen atoms in total. The highest BCUT2D eigenvalue weighted by Gasteiger charge is 2.12. The minimum atomic E-state index is 0.590. The number of tetrazole rings is 1. The quantitative estimate of drug-likeness (QED) is 0.854. The molecule has 0 unspecified atom stereocenters. The summed E-state index contributed by atoms with van der Waals surface area (Å²) in [7, 11) is 0. The fourth-order valence-electron chi connectivity index (χ4n) is 1.93. The second-order valence-electron chi connectivity index (χ2n) is 4.99. The Labute approximate surface area is 117 Å². The molecule has 1 heterocycles. The van der Waals surface area contributed by atoms with Crippen molar-refractivity contribution in [1.82, 2.24) is 20.2 Å². The lowest BCUT2D eigenvalue weighted by molar-refractivity contribution is 0.485. The van der Waals surface area contributed by atoms with Gasteiger partial charge in [-0.2, -0.15) is 0 Å². The van der Waals surface area contributed by atoms with E-state index in [0.717, 1.165) is 24.9 Å². The van der Waals surface area contributed by atoms with Gasteiger partial charge in [0, 0.05) is 22.8 Å². The molecule has 0 aliphatic heterocycles. The molecule has 0 aliphatic carbocycles. The van der Waals surface area contributed by atoms with E-state index in [9.17, 15) is 0 Å². The summed E-state index contributed by atoms with van der Waals surface area (Å²) in [5, 5.41) is 12.4. The molecule has 0 spiro atoms. The summed E-state index contributed by atoms with van der Waals surface area (Å²) in [6.07, 6.45) is 2.19. The van der Waals surface area contributed by atoms with Crippen LogP contribution in [0.3, 0.4) is 0 Å². The maximum Gasteiger partial charge on any atom is 0.184 e. The molecule has 0 radical (unpaired) electrons. The van der Waals surface area contributed by atoms with Gasteiger partial charge < -0.3 is 5.73 Å². The summed E-state index contributed by atoms with van der Waals surface area (Å²) >= 11 is 5.90. The topological polar surface area (TPSA) is 69.6 Å². The molecule has 2 N–H and O–H groups in total. The summed E-state index contributed by atoms with van der Waals surface area (Å²) in [5.41, 5.74) is 7.37. The molecule has 102 valence electrons. The number of hydrogen-bond donors (Lipinski definition) is 1. The number of hydrogen-bond acceptors (Lipinski definition) is 4. The van der Waals surface area contributed by atoms with Crippen LogP contribution in [0.2, 0.25) is 5.02 Å². The first-order valence-electron chi connectivity index (χ1n) is 6.39. The van der Waals surface area contributed by atoms with Crippen molar-refractivity contribution in [2.24, 2.45) is 5.92 Å². The van der Waals surface area contributed by atoms with E-state index in [1.54, 1.807) is 16.8 Å². The van der Waals surface area contributed by atoms with Gasteiger partial charge in [0.15, 0.2) is 5.82 Å². The molecular formula is C13H18ClN5. The Hall–Kier alpha value is -1.62. The van der Waals surface area contributed by atoms with Crippen LogP contribution in [0.25, 0.3) is 11.4 Å². The van der Waals surface area contributed by atoms with E-state index >= 15 is 0 Å². The molecule has 2 rings (SSSR count). The zero-order valence-corrected chi connectivity index (χ0v) is 11.9. The van der Waals surface area contributed by atoms with E-state index in [2.05, 4.69) is 29.4 Å². The van der Waals surface area contributed by atoms with Crippen LogP contribution in [0.1, 0.15) is 26.7 Å². The van der Waals surface area contributed by atoms with E-state index in [0.29, 0.717) is 22.5 Å². The first kappa shape index (κ1) is 13.8. The van der Waals surface area contributed by atoms with Crippen molar-refractivity contribution in [2.75, 3.05) is 5.73 Å². The van der Waals surface area contributed by atoms with Gasteiger partial charge in [-0.05, 0) is 47.4 Å². The van der Waals surface area contributed by atoms with Gasteiger partial charge in [0.1, 0.15) is 0 Å². The van der Waals surface area contributed by atoms with Crippen molar-refractivity contribution >= 4 is 17.3 Å². The molecule has 0 amide bonds. The molecule has 19 heavy (non-hydrogen) atoms. The van der Waals surface area contributed by atoms with E-state index in [1.807, 2.05) is 6.07 Å². The van der Waals surface area contributed by atoms with Crippen molar-refractivity contribution in [3.05, 3.63) is 23.2 Å². The van der Waals surface area contributed by atoms with Crippen molar-refractivity contribution < 1.29 is 0 Å². The minimum absolute atomic E-state index is 0.590. The number of benzene rings is 1. The van der Waals surface area contributed by atoms with Crippen molar-refractivity contribution in [3.63, 3.8) is 0 Å². The molecule has 0 atom stereocenters. The average Bonchev–Trinajstić information content (AvgIpc) is 2.77. The summed E-state index contributed by atoms with van der Waals surface area (Å²) in [6.45, 7) is 5.21. The van der Waals surface area contributed by atoms with Crippen LogP contribution in [0, 0.1) is 5.92 Å². The lowest BCUT2D eigenvalue weighted by Gasteiger charge is -2.08. The number of aryl methyl sites for hydroxylation is 1. The molecule has 0 fully saturated rings. The SMILES string of the molecule is CC(C)CCCn1nnnc1-c1ccc(Cl)cc1N. The van der Waals surface area contributed by atoms with E-state index < -0.39 is 0 Å². The third-order valence-corrected chi connectivity index (χ3v) is 3.17. The summed E-state index contributed by atoms with van der Waals surface area (Å²) < 4.78 is 1.79. The molecule has 1 aromatic carbocycles. The number of nitrogens with two attached hydrogens (primary N) is 1. The fourth-order valence-corrected chi connectivity index (χ4v) is 2.12. The number of rotatable bonds is 5. The van der Waals surface area contributed by atoms with E-state index in [4.69, 9.17) is 17.3 Å². The molecule has 6 heteroatoms. The van der Waals surface area contributed by atoms with Crippen LogP contribution in [0.15, 0.2) is 18.2 Å². The second-order valence-corrected chi connectivity index (χ2v) is 5.43. The number of anilines is 1. The maximum absolute atomic E-state index is 5.97. The summed E-state index contributed by atoms with van der Waals surface area (Å²) in [5.74, 6) is 1.37. The molecule has 1 aromatic heterocycles. The third kappa shape index (κ3) is 3.44. The number of nitrogens with zero attached hydrogens (tertiary/aromatic N) is 4. The lowest BCUT2D eigenvalue weighted by atomic mass is 10.1. The van der Waals surface area contributed by atoms with E-state index in [1.165, 1.54) is 0 Å². The van der Waals surface area contributed by atoms with E-state index in [-0.39, 0.29) is 0 Å². The predicted molar refractivity (Wildman–Crippen MR) is 76.7 cm³/mol. The smallest absolute Gasteiger partial charge is 0.184 e. The van der Waals surface area contributed by atoms with Crippen LogP contribution >= 0.6 is 11.6 Å². The zero-order valence-electron chi connectivity index (χ0n) is 11.2. The molecule has 0 aliphatic rings. The lowest BCUT2D eigenvalue weighted by Crippen LogP contribution is -2.05. The van der Waals surface area contributed by atoms with Gasteiger partial charge in [0.2, 0.25) is 0 Å². The zero-order chi connectivity index (χ0) is 13.8. The minimum Gasteiger partial charge on any atom is -0.398 e. The van der Waals surface area contributed by atoms with Crippen molar-refractivity contribution in [3.8, 4) is 11.4 Å². The highest BCUT2D eigenvalue weighted by molar-refractivity contribution is 6.31. The first-order chi connectivity index (χ1) is 9.08. The number of aromatic nitrogens is 4. The summed E-state index contributed by atoms with van der Waals surface area (Å²) in [6, 6.07) is 5.35. The first-order valence-corrected chi connectivity index (χ1v) is 6.77. The molecule has 0 saturated carbocycles. The van der Waals surface area contributed by atoms with Gasteiger partial charge >= 0.3 is 0 Å². The molecule has 0 saturated heterocycles. The van der Waals surface area contributed by atoms with Crippen LogP contribution in [0.5, 0.6) is 0 Å². The second kappa shape index (κ2) is 6.02. The Morgan fingerprint density at radius 3 is 2.84 bits per heavy atom. The predicted octanol–water partition coefficient (Wildman–Crippen LogP) is 3.01. The van der Waals surface area contributed by atoms with Gasteiger partial charge in [-0.25, -0.2) is 4.68 Å². The van der Waals surface area contributed by atoms with Crippen molar-refractivity contribution in [1.29, 1.82) is 0 Å². The Bertz CT molecular complexity index is 550. The Balaban J connectivity index is 2.19. The standard InChI is InChI=1S/C13H18ClN5/c1-9(2)4-3-7-19-13(16-17-18-19)11-6-5-10(14)8-12(11)15/h5-6,8-9H,3-4,7,15H2,1-2H3. The maximum atomic E-state index is 5.97. The monoisotopic (exact) mass is 279 g/mol. The van der Waals surface area contributed by atoms with Crippen LogP contribution in [0.4, 0.5) is 5.69 Å². The van der Waals surface area contributed by atoms with Gasteiger partial charge in [-0.1, -0.05) is 25.4 Å². The molecule has 0 bridgehead atoms. The van der Waals surface area contributed by atoms with Gasteiger partial charge in [0.05, 0.1) is 0 Å². The fraction of sp³-hybridized carbons (Fsp3) is 0.462. The largest absolute Gasteiger partial charge is 0.398 e.